The summed E-state index contributed by atoms with van der Waals surface area (Å²) in [5, 5.41) is 4.85. The van der Waals surface area contributed by atoms with Crippen LogP contribution >= 0.6 is 11.8 Å². The van der Waals surface area contributed by atoms with Gasteiger partial charge in [-0.3, -0.25) is 0 Å². The van der Waals surface area contributed by atoms with E-state index in [1.54, 1.807) is 0 Å². The second-order valence-electron chi connectivity index (χ2n) is 16.8. The highest BCUT2D eigenvalue weighted by Gasteiger charge is 2.26. The van der Waals surface area contributed by atoms with E-state index >= 15 is 0 Å². The molecule has 0 radical (unpaired) electrons. The van der Waals surface area contributed by atoms with E-state index in [2.05, 4.69) is 222 Å². The molecular formula is C61H39N5S. The summed E-state index contributed by atoms with van der Waals surface area (Å²) in [7, 11) is 0. The molecule has 10 aromatic carbocycles. The van der Waals surface area contributed by atoms with Crippen molar-refractivity contribution in [1.29, 1.82) is 0 Å². The summed E-state index contributed by atoms with van der Waals surface area (Å²) in [6.07, 6.45) is 0. The van der Waals surface area contributed by atoms with Crippen LogP contribution in [0, 0.1) is 0 Å². The van der Waals surface area contributed by atoms with E-state index in [1.165, 1.54) is 53.8 Å². The number of anilines is 3. The van der Waals surface area contributed by atoms with E-state index in [0.717, 1.165) is 50.2 Å². The summed E-state index contributed by atoms with van der Waals surface area (Å²) in [5.74, 6) is 1.87. The Morgan fingerprint density at radius 3 is 1.67 bits per heavy atom. The van der Waals surface area contributed by atoms with Gasteiger partial charge in [0.1, 0.15) is 0 Å². The van der Waals surface area contributed by atoms with Crippen molar-refractivity contribution in [2.24, 2.45) is 0 Å². The monoisotopic (exact) mass is 873 g/mol. The van der Waals surface area contributed by atoms with Gasteiger partial charge >= 0.3 is 0 Å². The largest absolute Gasteiger partial charge is 0.309 e. The molecule has 0 atom stereocenters. The lowest BCUT2D eigenvalue weighted by Crippen LogP contribution is -2.14. The van der Waals surface area contributed by atoms with Crippen molar-refractivity contribution in [3.63, 3.8) is 0 Å². The molecule has 6 heteroatoms. The average molecular weight is 874 g/mol. The van der Waals surface area contributed by atoms with Crippen LogP contribution in [0.3, 0.4) is 0 Å². The highest BCUT2D eigenvalue weighted by atomic mass is 32.2. The van der Waals surface area contributed by atoms with Crippen LogP contribution < -0.4 is 4.90 Å². The van der Waals surface area contributed by atoms with E-state index in [9.17, 15) is 0 Å². The zero-order chi connectivity index (χ0) is 44.3. The minimum atomic E-state index is 0.612. The second-order valence-corrected chi connectivity index (χ2v) is 17.9. The number of nitrogens with zero attached hydrogens (tertiary/aromatic N) is 5. The maximum Gasteiger partial charge on any atom is 0.164 e. The number of aromatic nitrogens is 4. The molecule has 0 bridgehead atoms. The molecule has 5 nitrogen and oxygen atoms in total. The molecule has 0 N–H and O–H groups in total. The molecule has 0 saturated heterocycles. The smallest absolute Gasteiger partial charge is 0.164 e. The average Bonchev–Trinajstić information content (AvgIpc) is 3.76. The normalized spacial score (nSPS) is 12.1. The summed E-state index contributed by atoms with van der Waals surface area (Å²) in [5.41, 5.74) is 14.2. The van der Waals surface area contributed by atoms with Crippen molar-refractivity contribution in [3.8, 4) is 62.1 Å². The summed E-state index contributed by atoms with van der Waals surface area (Å²) < 4.78 is 2.41. The lowest BCUT2D eigenvalue weighted by atomic mass is 9.96. The zero-order valence-electron chi connectivity index (χ0n) is 36.2. The Labute approximate surface area is 392 Å². The van der Waals surface area contributed by atoms with Gasteiger partial charge in [0.25, 0.3) is 0 Å². The fourth-order valence-corrected chi connectivity index (χ4v) is 10.7. The molecule has 314 valence electrons. The number of hydrogen-bond donors (Lipinski definition) is 0. The van der Waals surface area contributed by atoms with Crippen LogP contribution in [0.2, 0.25) is 0 Å². The maximum atomic E-state index is 5.18. The van der Waals surface area contributed by atoms with Gasteiger partial charge < -0.3 is 9.47 Å². The van der Waals surface area contributed by atoms with Crippen molar-refractivity contribution >= 4 is 61.4 Å². The van der Waals surface area contributed by atoms with Gasteiger partial charge in [-0.2, -0.15) is 0 Å². The Hall–Kier alpha value is -8.58. The molecule has 1 aliphatic rings. The van der Waals surface area contributed by atoms with E-state index in [1.807, 2.05) is 36.0 Å². The number of benzene rings is 10. The Morgan fingerprint density at radius 1 is 0.328 bits per heavy atom. The lowest BCUT2D eigenvalue weighted by Gasteiger charge is -2.33. The van der Waals surface area contributed by atoms with Crippen molar-refractivity contribution < 1.29 is 0 Å². The lowest BCUT2D eigenvalue weighted by molar-refractivity contribution is 1.07. The van der Waals surface area contributed by atoms with Crippen LogP contribution in [0.15, 0.2) is 246 Å². The molecule has 0 fully saturated rings. The first-order chi connectivity index (χ1) is 33.2. The number of hydrogen-bond acceptors (Lipinski definition) is 5. The van der Waals surface area contributed by atoms with Gasteiger partial charge in [0.15, 0.2) is 17.5 Å². The molecule has 1 aliphatic heterocycles. The van der Waals surface area contributed by atoms with E-state index in [0.29, 0.717) is 17.5 Å². The molecule has 12 aromatic rings. The molecule has 67 heavy (non-hydrogen) atoms. The van der Waals surface area contributed by atoms with Crippen molar-refractivity contribution in [2.75, 3.05) is 4.90 Å². The molecule has 0 aliphatic carbocycles. The highest BCUT2D eigenvalue weighted by molar-refractivity contribution is 7.99. The number of rotatable bonds is 7. The third kappa shape index (κ3) is 6.77. The molecule has 0 spiro atoms. The summed E-state index contributed by atoms with van der Waals surface area (Å²) >= 11 is 1.83. The first-order valence-electron chi connectivity index (χ1n) is 22.5. The molecule has 13 rings (SSSR count). The van der Waals surface area contributed by atoms with Gasteiger partial charge in [-0.05, 0) is 93.7 Å². The van der Waals surface area contributed by atoms with Crippen LogP contribution in [0.4, 0.5) is 17.1 Å². The maximum absolute atomic E-state index is 5.18. The Balaban J connectivity index is 0.985. The zero-order valence-corrected chi connectivity index (χ0v) is 37.0. The molecule has 0 saturated carbocycles. The topological polar surface area (TPSA) is 46.8 Å². The molecule has 0 amide bonds. The fourth-order valence-electron chi connectivity index (χ4n) is 9.70. The Bertz CT molecular complexity index is 3830. The van der Waals surface area contributed by atoms with Crippen LogP contribution in [0.25, 0.3) is 94.7 Å². The van der Waals surface area contributed by atoms with E-state index in [-0.39, 0.29) is 0 Å². The fraction of sp³-hybridized carbons (Fsp3) is 0. The molecule has 2 aromatic heterocycles. The van der Waals surface area contributed by atoms with Gasteiger partial charge in [0.05, 0.1) is 22.4 Å². The van der Waals surface area contributed by atoms with Crippen molar-refractivity contribution in [2.45, 2.75) is 9.79 Å². The first-order valence-corrected chi connectivity index (χ1v) is 23.3. The van der Waals surface area contributed by atoms with Gasteiger partial charge in [-0.25, -0.2) is 15.0 Å². The van der Waals surface area contributed by atoms with Gasteiger partial charge in [-0.1, -0.05) is 188 Å². The minimum Gasteiger partial charge on any atom is -0.309 e. The summed E-state index contributed by atoms with van der Waals surface area (Å²) in [6.45, 7) is 0. The van der Waals surface area contributed by atoms with Crippen LogP contribution in [-0.4, -0.2) is 19.5 Å². The predicted octanol–water partition coefficient (Wildman–Crippen LogP) is 16.4. The quantitative estimate of drug-likeness (QED) is 0.160. The SMILES string of the molecule is c1ccc(-c2ccc(-c3nc(-c4ccccc4)nc(-c4cccc(-n5c6cccc(-c7ccc8c(c7)N(c7ccccc7)c7ccccc7S8)c6c6c7ccccc7ccc65)c4)n3)cc2)cc1. The second kappa shape index (κ2) is 16.1. The molecular weight excluding hydrogens is 835 g/mol. The van der Waals surface area contributed by atoms with Gasteiger partial charge in [0.2, 0.25) is 0 Å². The van der Waals surface area contributed by atoms with E-state index in [4.69, 9.17) is 15.0 Å². The first kappa shape index (κ1) is 38.8. The third-order valence-corrected chi connectivity index (χ3v) is 13.9. The van der Waals surface area contributed by atoms with Crippen LogP contribution in [0.1, 0.15) is 0 Å². The number of fused-ring (bicyclic) bond motifs is 7. The Morgan fingerprint density at radius 2 is 0.881 bits per heavy atom. The van der Waals surface area contributed by atoms with Crippen LogP contribution in [-0.2, 0) is 0 Å². The highest BCUT2D eigenvalue weighted by Crippen LogP contribution is 2.53. The molecule has 3 heterocycles. The standard InChI is InChI=1S/C61H39N5S/c1-4-16-40(17-5-1)41-30-32-44(33-31-41)60-62-59(43-19-6-2-7-20-43)63-61(64-60)46-21-14-24-48(38-46)66-52-28-15-26-50(58(52)57-49-25-11-10-18-42(49)34-36-53(57)66)45-35-37-56-54(39-45)65(47-22-8-3-9-23-47)51-27-12-13-29-55(51)67-56/h1-39H. The van der Waals surface area contributed by atoms with Crippen molar-refractivity contribution in [3.05, 3.63) is 237 Å². The number of para-hydroxylation sites is 2. The van der Waals surface area contributed by atoms with Gasteiger partial charge in [-0.15, -0.1) is 0 Å². The van der Waals surface area contributed by atoms with Crippen LogP contribution in [0.5, 0.6) is 0 Å². The van der Waals surface area contributed by atoms with Gasteiger partial charge in [0, 0.05) is 48.6 Å². The third-order valence-electron chi connectivity index (χ3n) is 12.8. The predicted molar refractivity (Wildman–Crippen MR) is 278 cm³/mol. The van der Waals surface area contributed by atoms with E-state index < -0.39 is 0 Å². The Kier molecular flexibility index (Phi) is 9.36. The summed E-state index contributed by atoms with van der Waals surface area (Å²) in [6, 6.07) is 84.1. The minimum absolute atomic E-state index is 0.612. The van der Waals surface area contributed by atoms with Crippen molar-refractivity contribution in [1.82, 2.24) is 19.5 Å². The molecule has 0 unspecified atom stereocenters. The summed E-state index contributed by atoms with van der Waals surface area (Å²) in [4.78, 5) is 20.3.